The summed E-state index contributed by atoms with van der Waals surface area (Å²) in [6.45, 7) is 4.20. The Labute approximate surface area is 72.1 Å². The smallest absolute Gasteiger partial charge is 0.0929 e. The second kappa shape index (κ2) is 2.55. The molecule has 3 N–H and O–H groups in total. The van der Waals surface area contributed by atoms with Gasteiger partial charge in [-0.2, -0.15) is 0 Å². The Morgan fingerprint density at radius 2 is 2.08 bits per heavy atom. The van der Waals surface area contributed by atoms with Crippen molar-refractivity contribution in [3.63, 3.8) is 0 Å². The van der Waals surface area contributed by atoms with E-state index < -0.39 is 12.2 Å². The number of nitrogens with one attached hydrogen (secondary N) is 1. The molecule has 1 saturated heterocycles. The lowest BCUT2D eigenvalue weighted by atomic mass is 9.84. The number of hydrogen-bond donors (Lipinski definition) is 3. The zero-order chi connectivity index (χ0) is 8.77. The first-order chi connectivity index (χ1) is 5.69. The van der Waals surface area contributed by atoms with Crippen molar-refractivity contribution in [3.05, 3.63) is 12.7 Å². The molecule has 1 saturated carbocycles. The SMILES string of the molecule is C=CC1C(O)C(O)CNC12CC2. The van der Waals surface area contributed by atoms with Crippen molar-refractivity contribution in [2.45, 2.75) is 30.6 Å². The van der Waals surface area contributed by atoms with Gasteiger partial charge in [-0.05, 0) is 12.8 Å². The lowest BCUT2D eigenvalue weighted by Gasteiger charge is -2.38. The molecule has 0 radical (unpaired) electrons. The Hall–Kier alpha value is -0.380. The van der Waals surface area contributed by atoms with Crippen LogP contribution in [0.3, 0.4) is 0 Å². The molecule has 0 amide bonds. The Morgan fingerprint density at radius 3 is 2.58 bits per heavy atom. The minimum absolute atomic E-state index is 0.0150. The van der Waals surface area contributed by atoms with Crippen molar-refractivity contribution >= 4 is 0 Å². The fourth-order valence-electron chi connectivity index (χ4n) is 2.12. The first kappa shape index (κ1) is 8.23. The van der Waals surface area contributed by atoms with Crippen LogP contribution < -0.4 is 5.32 Å². The molecule has 1 spiro atoms. The molecule has 3 unspecified atom stereocenters. The highest BCUT2D eigenvalue weighted by atomic mass is 16.3. The minimum Gasteiger partial charge on any atom is -0.390 e. The summed E-state index contributed by atoms with van der Waals surface area (Å²) < 4.78 is 0. The Bertz CT molecular complexity index is 201. The molecular formula is C9H15NO2. The number of aliphatic hydroxyl groups excluding tert-OH is 2. The van der Waals surface area contributed by atoms with Gasteiger partial charge in [0.2, 0.25) is 0 Å². The molecule has 2 rings (SSSR count). The summed E-state index contributed by atoms with van der Waals surface area (Å²) in [5, 5.41) is 22.3. The summed E-state index contributed by atoms with van der Waals surface area (Å²) in [5.74, 6) is 0.0150. The molecule has 2 aliphatic rings. The number of rotatable bonds is 1. The normalized spacial score (nSPS) is 44.3. The summed E-state index contributed by atoms with van der Waals surface area (Å²) in [5.41, 5.74) is 0.0698. The fraction of sp³-hybridized carbons (Fsp3) is 0.778. The second-order valence-corrected chi connectivity index (χ2v) is 3.86. The van der Waals surface area contributed by atoms with Crippen LogP contribution >= 0.6 is 0 Å². The van der Waals surface area contributed by atoms with Crippen LogP contribution in [-0.4, -0.2) is 34.5 Å². The van der Waals surface area contributed by atoms with E-state index in [0.29, 0.717) is 6.54 Å². The maximum atomic E-state index is 9.65. The van der Waals surface area contributed by atoms with Crippen molar-refractivity contribution < 1.29 is 10.2 Å². The van der Waals surface area contributed by atoms with Gasteiger partial charge in [0, 0.05) is 18.0 Å². The molecule has 12 heavy (non-hydrogen) atoms. The quantitative estimate of drug-likeness (QED) is 0.470. The molecule has 3 heteroatoms. The van der Waals surface area contributed by atoms with Crippen LogP contribution in [0.1, 0.15) is 12.8 Å². The standard InChI is InChI=1S/C9H15NO2/c1-2-6-8(12)7(11)5-10-9(6)3-4-9/h2,6-8,10-12H,1,3-5H2. The highest BCUT2D eigenvalue weighted by Crippen LogP contribution is 2.46. The predicted octanol–water partition coefficient (Wildman–Crippen LogP) is -0.354. The lowest BCUT2D eigenvalue weighted by Crippen LogP contribution is -2.57. The van der Waals surface area contributed by atoms with Crippen molar-refractivity contribution in [2.24, 2.45) is 5.92 Å². The Kier molecular flexibility index (Phi) is 1.75. The highest BCUT2D eigenvalue weighted by Gasteiger charge is 2.54. The average Bonchev–Trinajstić information content (AvgIpc) is 2.81. The summed E-state index contributed by atoms with van der Waals surface area (Å²) >= 11 is 0. The molecule has 0 aromatic rings. The summed E-state index contributed by atoms with van der Waals surface area (Å²) in [7, 11) is 0. The van der Waals surface area contributed by atoms with E-state index in [9.17, 15) is 10.2 Å². The van der Waals surface area contributed by atoms with Crippen LogP contribution in [0.15, 0.2) is 12.7 Å². The molecule has 3 nitrogen and oxygen atoms in total. The molecule has 0 aromatic carbocycles. The third-order valence-electron chi connectivity index (χ3n) is 3.11. The van der Waals surface area contributed by atoms with E-state index in [0.717, 1.165) is 12.8 Å². The zero-order valence-electron chi connectivity index (χ0n) is 7.03. The summed E-state index contributed by atoms with van der Waals surface area (Å²) in [6, 6.07) is 0. The second-order valence-electron chi connectivity index (χ2n) is 3.86. The van der Waals surface area contributed by atoms with Crippen molar-refractivity contribution in [1.82, 2.24) is 5.32 Å². The first-order valence-electron chi connectivity index (χ1n) is 4.43. The molecule has 68 valence electrons. The number of hydrogen-bond acceptors (Lipinski definition) is 3. The Morgan fingerprint density at radius 1 is 1.42 bits per heavy atom. The van der Waals surface area contributed by atoms with Crippen LogP contribution in [-0.2, 0) is 0 Å². The maximum Gasteiger partial charge on any atom is 0.0929 e. The van der Waals surface area contributed by atoms with Gasteiger partial charge in [-0.25, -0.2) is 0 Å². The van der Waals surface area contributed by atoms with Gasteiger partial charge < -0.3 is 15.5 Å². The molecule has 3 atom stereocenters. The Balaban J connectivity index is 2.16. The van der Waals surface area contributed by atoms with Crippen molar-refractivity contribution in [3.8, 4) is 0 Å². The van der Waals surface area contributed by atoms with E-state index >= 15 is 0 Å². The number of aliphatic hydroxyl groups is 2. The van der Waals surface area contributed by atoms with E-state index in [4.69, 9.17) is 0 Å². The van der Waals surface area contributed by atoms with Crippen LogP contribution in [0.5, 0.6) is 0 Å². The lowest BCUT2D eigenvalue weighted by molar-refractivity contribution is -0.0420. The van der Waals surface area contributed by atoms with E-state index in [1.165, 1.54) is 0 Å². The largest absolute Gasteiger partial charge is 0.390 e. The van der Waals surface area contributed by atoms with Crippen molar-refractivity contribution in [1.29, 1.82) is 0 Å². The van der Waals surface area contributed by atoms with E-state index in [2.05, 4.69) is 11.9 Å². The van der Waals surface area contributed by atoms with Crippen molar-refractivity contribution in [2.75, 3.05) is 6.54 Å². The van der Waals surface area contributed by atoms with E-state index in [1.807, 2.05) is 0 Å². The van der Waals surface area contributed by atoms with Gasteiger partial charge >= 0.3 is 0 Å². The number of β-amino-alcohol motifs (C(OH)–C–C–N with tert-alkyl or cyclic N) is 1. The highest BCUT2D eigenvalue weighted by molar-refractivity contribution is 5.17. The van der Waals surface area contributed by atoms with E-state index in [-0.39, 0.29) is 11.5 Å². The molecule has 0 bridgehead atoms. The minimum atomic E-state index is -0.640. The van der Waals surface area contributed by atoms with Gasteiger partial charge in [0.25, 0.3) is 0 Å². The summed E-state index contributed by atoms with van der Waals surface area (Å²) in [4.78, 5) is 0. The summed E-state index contributed by atoms with van der Waals surface area (Å²) in [6.07, 6.45) is 2.67. The topological polar surface area (TPSA) is 52.5 Å². The van der Waals surface area contributed by atoms with Crippen LogP contribution in [0.4, 0.5) is 0 Å². The molecular weight excluding hydrogens is 154 g/mol. The molecule has 1 heterocycles. The third-order valence-corrected chi connectivity index (χ3v) is 3.11. The molecule has 0 aromatic heterocycles. The first-order valence-corrected chi connectivity index (χ1v) is 4.43. The molecule has 2 fully saturated rings. The van der Waals surface area contributed by atoms with Crippen LogP contribution in [0.25, 0.3) is 0 Å². The van der Waals surface area contributed by atoms with Crippen LogP contribution in [0, 0.1) is 5.92 Å². The molecule has 1 aliphatic carbocycles. The van der Waals surface area contributed by atoms with Crippen LogP contribution in [0.2, 0.25) is 0 Å². The maximum absolute atomic E-state index is 9.65. The molecule has 1 aliphatic heterocycles. The van der Waals surface area contributed by atoms with Gasteiger partial charge in [-0.15, -0.1) is 6.58 Å². The number of piperidine rings is 1. The monoisotopic (exact) mass is 169 g/mol. The third kappa shape index (κ3) is 1.01. The predicted molar refractivity (Wildman–Crippen MR) is 45.7 cm³/mol. The van der Waals surface area contributed by atoms with Gasteiger partial charge in [0.1, 0.15) is 0 Å². The zero-order valence-corrected chi connectivity index (χ0v) is 7.03. The fourth-order valence-corrected chi connectivity index (χ4v) is 2.12. The van der Waals surface area contributed by atoms with E-state index in [1.54, 1.807) is 6.08 Å². The van der Waals surface area contributed by atoms with Gasteiger partial charge in [-0.1, -0.05) is 6.08 Å². The van der Waals surface area contributed by atoms with Gasteiger partial charge in [0.15, 0.2) is 0 Å². The van der Waals surface area contributed by atoms with Gasteiger partial charge in [0.05, 0.1) is 12.2 Å². The van der Waals surface area contributed by atoms with Gasteiger partial charge in [-0.3, -0.25) is 0 Å². The average molecular weight is 169 g/mol.